The molecule has 1 unspecified atom stereocenters. The lowest BCUT2D eigenvalue weighted by Gasteiger charge is -2.24. The van der Waals surface area contributed by atoms with Gasteiger partial charge in [-0.3, -0.25) is 4.18 Å². The van der Waals surface area contributed by atoms with Crippen LogP contribution in [0, 0.1) is 5.92 Å². The first-order valence-corrected chi connectivity index (χ1v) is 8.26. The molecular formula is C12H22N2O6S. The monoisotopic (exact) mass is 322 g/mol. The minimum atomic E-state index is -3.55. The van der Waals surface area contributed by atoms with Crippen molar-refractivity contribution in [2.24, 2.45) is 11.1 Å². The standard InChI is InChI=1S/C12H22N2O6S/c1-12(2,3)20-11(15)14-6-9(8-19-21(5,16)17)10(7-14)13-18-4/h9H,6-8H2,1-5H3. The summed E-state index contributed by atoms with van der Waals surface area (Å²) in [5, 5.41) is 3.83. The van der Waals surface area contributed by atoms with Gasteiger partial charge in [0.05, 0.1) is 25.1 Å². The first-order valence-electron chi connectivity index (χ1n) is 6.44. The molecule has 0 N–H and O–H groups in total. The summed E-state index contributed by atoms with van der Waals surface area (Å²) < 4.78 is 32.2. The van der Waals surface area contributed by atoms with E-state index in [4.69, 9.17) is 13.8 Å². The van der Waals surface area contributed by atoms with Crippen molar-refractivity contribution in [2.45, 2.75) is 26.4 Å². The predicted octanol–water partition coefficient (Wildman–Crippen LogP) is 0.832. The fourth-order valence-corrected chi connectivity index (χ4v) is 2.21. The van der Waals surface area contributed by atoms with Gasteiger partial charge in [-0.05, 0) is 20.8 Å². The highest BCUT2D eigenvalue weighted by Crippen LogP contribution is 2.19. The van der Waals surface area contributed by atoms with Gasteiger partial charge >= 0.3 is 6.09 Å². The van der Waals surface area contributed by atoms with Gasteiger partial charge in [0.2, 0.25) is 0 Å². The van der Waals surface area contributed by atoms with Crippen LogP contribution in [0.5, 0.6) is 0 Å². The highest BCUT2D eigenvalue weighted by atomic mass is 32.2. The van der Waals surface area contributed by atoms with Gasteiger partial charge in [0.1, 0.15) is 12.7 Å². The molecule has 0 aliphatic carbocycles. The number of hydrogen-bond donors (Lipinski definition) is 0. The Morgan fingerprint density at radius 3 is 2.52 bits per heavy atom. The van der Waals surface area contributed by atoms with Crippen molar-refractivity contribution < 1.29 is 27.0 Å². The molecule has 9 heteroatoms. The van der Waals surface area contributed by atoms with E-state index >= 15 is 0 Å². The van der Waals surface area contributed by atoms with Crippen LogP contribution in [0.1, 0.15) is 20.8 Å². The van der Waals surface area contributed by atoms with E-state index < -0.39 is 21.8 Å². The Hall–Kier alpha value is -1.35. The number of amides is 1. The van der Waals surface area contributed by atoms with E-state index in [1.165, 1.54) is 12.0 Å². The zero-order valence-corrected chi connectivity index (χ0v) is 13.8. The molecule has 0 radical (unpaired) electrons. The number of carbonyl (C=O) groups is 1. The molecule has 8 nitrogen and oxygen atoms in total. The highest BCUT2D eigenvalue weighted by molar-refractivity contribution is 7.85. The number of nitrogens with zero attached hydrogens (tertiary/aromatic N) is 2. The van der Waals surface area contributed by atoms with Gasteiger partial charge in [-0.2, -0.15) is 8.42 Å². The average Bonchev–Trinajstić information content (AvgIpc) is 2.67. The lowest BCUT2D eigenvalue weighted by Crippen LogP contribution is -2.35. The van der Waals surface area contributed by atoms with Crippen LogP contribution in [-0.2, 0) is 23.9 Å². The third-order valence-corrected chi connectivity index (χ3v) is 3.17. The van der Waals surface area contributed by atoms with Gasteiger partial charge in [-0.15, -0.1) is 0 Å². The van der Waals surface area contributed by atoms with E-state index in [2.05, 4.69) is 5.16 Å². The summed E-state index contributed by atoms with van der Waals surface area (Å²) in [4.78, 5) is 18.2. The highest BCUT2D eigenvalue weighted by Gasteiger charge is 2.35. The number of hydrogen-bond acceptors (Lipinski definition) is 7. The fraction of sp³-hybridized carbons (Fsp3) is 0.833. The van der Waals surface area contributed by atoms with E-state index in [0.717, 1.165) is 6.26 Å². The summed E-state index contributed by atoms with van der Waals surface area (Å²) >= 11 is 0. The Morgan fingerprint density at radius 1 is 1.43 bits per heavy atom. The largest absolute Gasteiger partial charge is 0.444 e. The molecule has 1 rings (SSSR count). The Labute approximate surface area is 125 Å². The van der Waals surface area contributed by atoms with Crippen LogP contribution in [0.25, 0.3) is 0 Å². The molecule has 1 amide bonds. The molecule has 0 aromatic rings. The van der Waals surface area contributed by atoms with E-state index in [1.54, 1.807) is 20.8 Å². The molecule has 1 fully saturated rings. The third kappa shape index (κ3) is 6.30. The Bertz CT molecular complexity index is 508. The third-order valence-electron chi connectivity index (χ3n) is 2.61. The number of likely N-dealkylation sites (tertiary alicyclic amines) is 1. The van der Waals surface area contributed by atoms with E-state index in [9.17, 15) is 13.2 Å². The maximum Gasteiger partial charge on any atom is 0.410 e. The van der Waals surface area contributed by atoms with Crippen LogP contribution in [0.3, 0.4) is 0 Å². The van der Waals surface area contributed by atoms with Crippen LogP contribution in [0.15, 0.2) is 5.16 Å². The van der Waals surface area contributed by atoms with Crippen LogP contribution in [0.4, 0.5) is 4.79 Å². The maximum atomic E-state index is 12.0. The molecule has 1 atom stereocenters. The molecule has 0 saturated carbocycles. The Kier molecular flexibility index (Phi) is 5.57. The lowest BCUT2D eigenvalue weighted by atomic mass is 10.1. The van der Waals surface area contributed by atoms with Crippen molar-refractivity contribution in [3.63, 3.8) is 0 Å². The molecule has 1 aliphatic heterocycles. The van der Waals surface area contributed by atoms with Crippen LogP contribution < -0.4 is 0 Å². The summed E-state index contributed by atoms with van der Waals surface area (Å²) in [5.41, 5.74) is -0.0521. The number of ether oxygens (including phenoxy) is 1. The zero-order chi connectivity index (χ0) is 16.3. The number of carbonyl (C=O) groups excluding carboxylic acids is 1. The summed E-state index contributed by atoms with van der Waals surface area (Å²) in [6.45, 7) is 5.73. The molecule has 0 aromatic carbocycles. The molecule has 1 saturated heterocycles. The van der Waals surface area contributed by atoms with Gasteiger partial charge in [0.25, 0.3) is 10.1 Å². The molecule has 0 spiro atoms. The molecule has 122 valence electrons. The van der Waals surface area contributed by atoms with E-state index in [1.807, 2.05) is 0 Å². The van der Waals surface area contributed by atoms with E-state index in [-0.39, 0.29) is 25.6 Å². The molecule has 0 bridgehead atoms. The van der Waals surface area contributed by atoms with Gasteiger partial charge in [-0.1, -0.05) is 5.16 Å². The topological polar surface area (TPSA) is 94.5 Å². The van der Waals surface area contributed by atoms with Gasteiger partial charge < -0.3 is 14.5 Å². The normalized spacial score (nSPS) is 21.7. The van der Waals surface area contributed by atoms with Gasteiger partial charge in [0, 0.05) is 12.5 Å². The lowest BCUT2D eigenvalue weighted by molar-refractivity contribution is 0.0288. The first kappa shape index (κ1) is 17.7. The van der Waals surface area contributed by atoms with Crippen molar-refractivity contribution in [3.8, 4) is 0 Å². The van der Waals surface area contributed by atoms with Crippen LogP contribution in [-0.4, -0.2) is 63.8 Å². The van der Waals surface area contributed by atoms with Crippen molar-refractivity contribution in [1.29, 1.82) is 0 Å². The molecule has 1 aliphatic rings. The second-order valence-electron chi connectivity index (χ2n) is 5.81. The van der Waals surface area contributed by atoms with Crippen LogP contribution >= 0.6 is 0 Å². The van der Waals surface area contributed by atoms with Crippen molar-refractivity contribution in [2.75, 3.05) is 33.1 Å². The van der Waals surface area contributed by atoms with Crippen molar-refractivity contribution >= 4 is 21.9 Å². The van der Waals surface area contributed by atoms with Gasteiger partial charge in [-0.25, -0.2) is 4.79 Å². The second-order valence-corrected chi connectivity index (χ2v) is 7.46. The quantitative estimate of drug-likeness (QED) is 0.562. The molecule has 0 aromatic heterocycles. The summed E-state index contributed by atoms with van der Waals surface area (Å²) in [6.07, 6.45) is 0.494. The summed E-state index contributed by atoms with van der Waals surface area (Å²) in [7, 11) is -2.16. The molecule has 1 heterocycles. The Balaban J connectivity index is 2.73. The van der Waals surface area contributed by atoms with Gasteiger partial charge in [0.15, 0.2) is 0 Å². The second kappa shape index (κ2) is 6.61. The Morgan fingerprint density at radius 2 is 2.05 bits per heavy atom. The fourth-order valence-electron chi connectivity index (χ4n) is 1.80. The SMILES string of the molecule is CON=C1CN(C(=O)OC(C)(C)C)CC1COS(C)(=O)=O. The average molecular weight is 322 g/mol. The number of oxime groups is 1. The minimum Gasteiger partial charge on any atom is -0.444 e. The summed E-state index contributed by atoms with van der Waals surface area (Å²) in [5.74, 6) is -0.341. The molecule has 21 heavy (non-hydrogen) atoms. The zero-order valence-electron chi connectivity index (χ0n) is 13.0. The number of rotatable bonds is 4. The van der Waals surface area contributed by atoms with Crippen LogP contribution in [0.2, 0.25) is 0 Å². The smallest absolute Gasteiger partial charge is 0.410 e. The summed E-state index contributed by atoms with van der Waals surface area (Å²) in [6, 6.07) is 0. The molecular weight excluding hydrogens is 300 g/mol. The van der Waals surface area contributed by atoms with Crippen molar-refractivity contribution in [1.82, 2.24) is 4.90 Å². The minimum absolute atomic E-state index is 0.0830. The first-order chi connectivity index (χ1) is 9.52. The van der Waals surface area contributed by atoms with Crippen molar-refractivity contribution in [3.05, 3.63) is 0 Å². The maximum absolute atomic E-state index is 12.0. The van der Waals surface area contributed by atoms with E-state index in [0.29, 0.717) is 5.71 Å². The predicted molar refractivity (Wildman–Crippen MR) is 76.5 cm³/mol.